The highest BCUT2D eigenvalue weighted by molar-refractivity contribution is 6.04. The zero-order chi connectivity index (χ0) is 14.1. The predicted octanol–water partition coefficient (Wildman–Crippen LogP) is 1.53. The summed E-state index contributed by atoms with van der Waals surface area (Å²) in [5.41, 5.74) is 1.10. The molecule has 0 aromatic heterocycles. The number of hydrogen-bond donors (Lipinski definition) is 0. The summed E-state index contributed by atoms with van der Waals surface area (Å²) in [7, 11) is 0. The van der Waals surface area contributed by atoms with E-state index in [9.17, 15) is 14.9 Å². The number of benzene rings is 1. The molecule has 0 aliphatic carbocycles. The van der Waals surface area contributed by atoms with Crippen LogP contribution in [0.1, 0.15) is 12.0 Å². The average Bonchev–Trinajstić information content (AvgIpc) is 2.84. The Hall–Kier alpha value is -2.64. The van der Waals surface area contributed by atoms with Gasteiger partial charge in [0.25, 0.3) is 5.69 Å². The van der Waals surface area contributed by atoms with E-state index in [0.717, 1.165) is 0 Å². The lowest BCUT2D eigenvalue weighted by molar-refractivity contribution is -0.384. The number of nitro groups is 1. The molecule has 1 amide bonds. The number of amides is 1. The van der Waals surface area contributed by atoms with Crippen molar-refractivity contribution in [2.45, 2.75) is 6.42 Å². The first kappa shape index (κ1) is 12.4. The van der Waals surface area contributed by atoms with Gasteiger partial charge in [0, 0.05) is 24.1 Å². The number of ether oxygens (including phenoxy) is 2. The van der Waals surface area contributed by atoms with Crippen molar-refractivity contribution in [3.63, 3.8) is 0 Å². The van der Waals surface area contributed by atoms with Crippen molar-refractivity contribution in [1.82, 2.24) is 5.01 Å². The Balaban J connectivity index is 1.99. The number of cyclic esters (lactones) is 1. The summed E-state index contributed by atoms with van der Waals surface area (Å²) in [6.07, 6.45) is -0.0197. The Morgan fingerprint density at radius 1 is 1.30 bits per heavy atom. The van der Waals surface area contributed by atoms with Gasteiger partial charge in [0.15, 0.2) is 0 Å². The van der Waals surface area contributed by atoms with E-state index in [-0.39, 0.29) is 5.69 Å². The maximum atomic E-state index is 11.4. The van der Waals surface area contributed by atoms with Crippen molar-refractivity contribution in [3.8, 4) is 5.75 Å². The highest BCUT2D eigenvalue weighted by Gasteiger charge is 2.25. The molecule has 2 aliphatic rings. The summed E-state index contributed by atoms with van der Waals surface area (Å²) in [5.74, 6) is 0.535. The van der Waals surface area contributed by atoms with E-state index in [1.54, 1.807) is 6.07 Å². The van der Waals surface area contributed by atoms with Crippen LogP contribution in [0.3, 0.4) is 0 Å². The minimum Gasteiger partial charge on any atom is -0.492 e. The lowest BCUT2D eigenvalue weighted by Gasteiger charge is -2.19. The van der Waals surface area contributed by atoms with E-state index in [1.165, 1.54) is 17.1 Å². The van der Waals surface area contributed by atoms with Gasteiger partial charge in [-0.15, -0.1) is 0 Å². The van der Waals surface area contributed by atoms with Crippen molar-refractivity contribution in [1.29, 1.82) is 0 Å². The van der Waals surface area contributed by atoms with E-state index in [2.05, 4.69) is 5.10 Å². The molecule has 2 aliphatic heterocycles. The van der Waals surface area contributed by atoms with E-state index >= 15 is 0 Å². The third-order valence-electron chi connectivity index (χ3n) is 3.06. The van der Waals surface area contributed by atoms with Gasteiger partial charge in [-0.1, -0.05) is 0 Å². The highest BCUT2D eigenvalue weighted by atomic mass is 16.6. The van der Waals surface area contributed by atoms with Gasteiger partial charge in [-0.05, 0) is 6.07 Å². The minimum absolute atomic E-state index is 0.0362. The number of carbonyl (C=O) groups excluding carboxylic acids is 1. The Labute approximate surface area is 113 Å². The fourth-order valence-electron chi connectivity index (χ4n) is 2.10. The second kappa shape index (κ2) is 4.80. The summed E-state index contributed by atoms with van der Waals surface area (Å²) in [5, 5.41) is 16.3. The summed E-state index contributed by atoms with van der Waals surface area (Å²) >= 11 is 0. The van der Waals surface area contributed by atoms with Crippen molar-refractivity contribution in [2.75, 3.05) is 19.8 Å². The summed E-state index contributed by atoms with van der Waals surface area (Å²) in [6, 6.07) is 4.34. The smallest absolute Gasteiger partial charge is 0.430 e. The molecule has 0 radical (unpaired) electrons. The fourth-order valence-corrected chi connectivity index (χ4v) is 2.10. The van der Waals surface area contributed by atoms with Gasteiger partial charge < -0.3 is 9.47 Å². The summed E-state index contributed by atoms with van der Waals surface area (Å²) in [6.45, 7) is 1.11. The van der Waals surface area contributed by atoms with Gasteiger partial charge in [-0.2, -0.15) is 10.1 Å². The van der Waals surface area contributed by atoms with Crippen LogP contribution in [0.25, 0.3) is 0 Å². The molecule has 0 atom stereocenters. The maximum absolute atomic E-state index is 11.4. The van der Waals surface area contributed by atoms with Gasteiger partial charge >= 0.3 is 6.09 Å². The third kappa shape index (κ3) is 2.15. The summed E-state index contributed by atoms with van der Waals surface area (Å²) < 4.78 is 10.2. The molecule has 8 heteroatoms. The summed E-state index contributed by atoms with van der Waals surface area (Å²) in [4.78, 5) is 21.7. The molecule has 8 nitrogen and oxygen atoms in total. The molecule has 1 aromatic carbocycles. The van der Waals surface area contributed by atoms with Crippen LogP contribution in [-0.4, -0.2) is 41.5 Å². The van der Waals surface area contributed by atoms with E-state index < -0.39 is 11.0 Å². The molecule has 0 unspecified atom stereocenters. The standard InChI is InChI=1S/C12H11N3O5/c16-12-14(4-6-20-12)13-10-3-5-19-11-2-1-8(15(17)18)7-9(10)11/h1-2,7H,3-6H2/b13-10+. The quantitative estimate of drug-likeness (QED) is 0.603. The first-order chi connectivity index (χ1) is 9.65. The Kier molecular flexibility index (Phi) is 2.97. The molecule has 3 rings (SSSR count). The van der Waals surface area contributed by atoms with Crippen LogP contribution < -0.4 is 4.74 Å². The van der Waals surface area contributed by atoms with Crippen LogP contribution in [0.2, 0.25) is 0 Å². The monoisotopic (exact) mass is 277 g/mol. The van der Waals surface area contributed by atoms with E-state index in [0.29, 0.717) is 43.2 Å². The number of carbonyl (C=O) groups is 1. The molecule has 104 valence electrons. The number of rotatable bonds is 2. The van der Waals surface area contributed by atoms with Crippen LogP contribution in [0.4, 0.5) is 10.5 Å². The molecule has 0 saturated carbocycles. The van der Waals surface area contributed by atoms with Gasteiger partial charge in [-0.25, -0.2) is 4.79 Å². The molecule has 1 aromatic rings. The van der Waals surface area contributed by atoms with Crippen molar-refractivity contribution >= 4 is 17.5 Å². The van der Waals surface area contributed by atoms with Crippen LogP contribution in [0, 0.1) is 10.1 Å². The average molecular weight is 277 g/mol. The predicted molar refractivity (Wildman–Crippen MR) is 67.8 cm³/mol. The zero-order valence-corrected chi connectivity index (χ0v) is 10.4. The van der Waals surface area contributed by atoms with Crippen LogP contribution in [-0.2, 0) is 4.74 Å². The number of hydrogen-bond acceptors (Lipinski definition) is 6. The van der Waals surface area contributed by atoms with Crippen LogP contribution >= 0.6 is 0 Å². The number of hydrazone groups is 1. The second-order valence-electron chi connectivity index (χ2n) is 4.32. The Bertz CT molecular complexity index is 613. The van der Waals surface area contributed by atoms with Crippen molar-refractivity contribution in [2.24, 2.45) is 5.10 Å². The maximum Gasteiger partial charge on any atom is 0.430 e. The van der Waals surface area contributed by atoms with Crippen LogP contribution in [0.15, 0.2) is 23.3 Å². The number of nitro benzene ring substituents is 1. The molecule has 0 N–H and O–H groups in total. The zero-order valence-electron chi connectivity index (χ0n) is 10.4. The van der Waals surface area contributed by atoms with Gasteiger partial charge in [0.05, 0.1) is 23.8 Å². The van der Waals surface area contributed by atoms with Crippen molar-refractivity contribution in [3.05, 3.63) is 33.9 Å². The number of non-ortho nitro benzene ring substituents is 1. The van der Waals surface area contributed by atoms with Gasteiger partial charge in [-0.3, -0.25) is 10.1 Å². The normalized spacial score (nSPS) is 19.5. The minimum atomic E-state index is -0.504. The Morgan fingerprint density at radius 3 is 2.85 bits per heavy atom. The molecule has 0 spiro atoms. The fraction of sp³-hybridized carbons (Fsp3) is 0.333. The molecular weight excluding hydrogens is 266 g/mol. The first-order valence-corrected chi connectivity index (χ1v) is 6.08. The van der Waals surface area contributed by atoms with E-state index in [4.69, 9.17) is 9.47 Å². The van der Waals surface area contributed by atoms with Gasteiger partial charge in [0.2, 0.25) is 0 Å². The Morgan fingerprint density at radius 2 is 2.15 bits per heavy atom. The first-order valence-electron chi connectivity index (χ1n) is 6.08. The lowest BCUT2D eigenvalue weighted by atomic mass is 10.0. The van der Waals surface area contributed by atoms with Gasteiger partial charge in [0.1, 0.15) is 12.4 Å². The molecule has 1 saturated heterocycles. The molecule has 1 fully saturated rings. The number of nitrogens with zero attached hydrogens (tertiary/aromatic N) is 3. The highest BCUT2D eigenvalue weighted by Crippen LogP contribution is 2.29. The SMILES string of the molecule is O=C1OCCN1/N=C1\CCOc2ccc([N+](=O)[O-])cc21. The molecular formula is C12H11N3O5. The molecule has 0 bridgehead atoms. The third-order valence-corrected chi connectivity index (χ3v) is 3.06. The van der Waals surface area contributed by atoms with E-state index in [1.807, 2.05) is 0 Å². The molecule has 20 heavy (non-hydrogen) atoms. The largest absolute Gasteiger partial charge is 0.492 e. The second-order valence-corrected chi connectivity index (χ2v) is 4.32. The number of fused-ring (bicyclic) bond motifs is 1. The lowest BCUT2D eigenvalue weighted by Crippen LogP contribution is -2.24. The topological polar surface area (TPSA) is 94.3 Å². The molecule has 2 heterocycles. The van der Waals surface area contributed by atoms with Crippen molar-refractivity contribution < 1.29 is 19.2 Å². The van der Waals surface area contributed by atoms with Crippen LogP contribution in [0.5, 0.6) is 5.75 Å².